The minimum absolute atomic E-state index is 0.0232. The Bertz CT molecular complexity index is 2060. The number of nitriles is 2. The van der Waals surface area contributed by atoms with Gasteiger partial charge in [-0.1, -0.05) is 6.07 Å². The van der Waals surface area contributed by atoms with E-state index in [1.165, 1.54) is 44.8 Å². The third-order valence-corrected chi connectivity index (χ3v) is 6.67. The summed E-state index contributed by atoms with van der Waals surface area (Å²) in [7, 11) is 2.89. The van der Waals surface area contributed by atoms with E-state index in [0.717, 1.165) is 6.07 Å². The van der Waals surface area contributed by atoms with Crippen molar-refractivity contribution >= 4 is 11.9 Å². The van der Waals surface area contributed by atoms with Crippen molar-refractivity contribution in [3.05, 3.63) is 107 Å². The summed E-state index contributed by atoms with van der Waals surface area (Å²) in [5.74, 6) is -2.05. The maximum Gasteiger partial charge on any atom is 0.342 e. The highest BCUT2D eigenvalue weighted by Crippen LogP contribution is 2.28. The summed E-state index contributed by atoms with van der Waals surface area (Å²) in [6.07, 6.45) is 6.08. The number of carbonyl (C=O) groups excluding carboxylic acids is 1. The molecule has 0 bridgehead atoms. The number of carbonyl (C=O) groups is 2. The first-order valence-electron chi connectivity index (χ1n) is 14.6. The zero-order valence-electron chi connectivity index (χ0n) is 27.0. The molecule has 15 heteroatoms. The maximum atomic E-state index is 13.3. The molecule has 14 nitrogen and oxygen atoms in total. The molecule has 0 aliphatic heterocycles. The van der Waals surface area contributed by atoms with Crippen LogP contribution in [0.2, 0.25) is 0 Å². The molecule has 5 aromatic rings. The van der Waals surface area contributed by atoms with Gasteiger partial charge in [0.25, 0.3) is 0 Å². The number of hydrogen-bond acceptors (Lipinski definition) is 12. The number of carboxylic acid groups (broad SMARTS) is 1. The van der Waals surface area contributed by atoms with Gasteiger partial charge in [0.05, 0.1) is 47.2 Å². The highest BCUT2D eigenvalue weighted by molar-refractivity contribution is 5.94. The van der Waals surface area contributed by atoms with Crippen molar-refractivity contribution in [3.63, 3.8) is 0 Å². The molecule has 0 aliphatic rings. The Morgan fingerprint density at radius 3 is 1.98 bits per heavy atom. The smallest absolute Gasteiger partial charge is 0.342 e. The van der Waals surface area contributed by atoms with Crippen LogP contribution in [-0.4, -0.2) is 71.2 Å². The Morgan fingerprint density at radius 1 is 0.860 bits per heavy atom. The fourth-order valence-electron chi connectivity index (χ4n) is 4.38. The number of methoxy groups -OCH3 is 2. The van der Waals surface area contributed by atoms with Gasteiger partial charge < -0.3 is 28.8 Å². The van der Waals surface area contributed by atoms with Gasteiger partial charge >= 0.3 is 11.9 Å². The molecular weight excluding hydrogens is 651 g/mol. The number of halogens is 1. The van der Waals surface area contributed by atoms with Gasteiger partial charge in [-0.2, -0.15) is 15.6 Å². The molecule has 0 atom stereocenters. The molecule has 3 aromatic heterocycles. The maximum absolute atomic E-state index is 13.3. The molecule has 50 heavy (non-hydrogen) atoms. The number of rotatable bonds is 12. The molecule has 0 aliphatic carbocycles. The number of hydrogen-bond donors (Lipinski definition) is 1. The molecule has 0 saturated carbocycles. The third kappa shape index (κ3) is 8.81. The lowest BCUT2D eigenvalue weighted by molar-refractivity contribution is 0.0435. The molecule has 5 rings (SSSR count). The number of benzene rings is 2. The van der Waals surface area contributed by atoms with Gasteiger partial charge in [0.2, 0.25) is 0 Å². The van der Waals surface area contributed by atoms with Gasteiger partial charge in [-0.15, -0.1) is 0 Å². The molecule has 0 fully saturated rings. The van der Waals surface area contributed by atoms with E-state index in [9.17, 15) is 24.3 Å². The number of ether oxygens (including phenoxy) is 5. The highest BCUT2D eigenvalue weighted by atomic mass is 19.1. The molecular formula is C35H29FN6O8. The lowest BCUT2D eigenvalue weighted by Crippen LogP contribution is -2.10. The minimum Gasteiger partial charge on any atom is -0.478 e. The average molecular weight is 681 g/mol. The van der Waals surface area contributed by atoms with Crippen LogP contribution >= 0.6 is 0 Å². The van der Waals surface area contributed by atoms with E-state index in [-0.39, 0.29) is 48.4 Å². The fraction of sp³-hybridized carbons (Fsp3) is 0.171. The topological polar surface area (TPSA) is 192 Å². The number of pyridine rings is 2. The van der Waals surface area contributed by atoms with Crippen molar-refractivity contribution < 1.29 is 42.8 Å². The summed E-state index contributed by atoms with van der Waals surface area (Å²) in [4.78, 5) is 32.0. The third-order valence-electron chi connectivity index (χ3n) is 6.67. The van der Waals surface area contributed by atoms with E-state index in [1.807, 2.05) is 6.07 Å². The van der Waals surface area contributed by atoms with E-state index in [4.69, 9.17) is 28.9 Å². The van der Waals surface area contributed by atoms with E-state index in [0.29, 0.717) is 33.8 Å². The summed E-state index contributed by atoms with van der Waals surface area (Å²) in [5.41, 5.74) is 2.98. The molecule has 0 radical (unpaired) electrons. The first-order valence-corrected chi connectivity index (χ1v) is 14.6. The van der Waals surface area contributed by atoms with Crippen LogP contribution in [0.3, 0.4) is 0 Å². The Balaban J connectivity index is 0.000000232. The zero-order chi connectivity index (χ0) is 36.0. The largest absolute Gasteiger partial charge is 0.478 e. The van der Waals surface area contributed by atoms with Gasteiger partial charge in [0.15, 0.2) is 25.1 Å². The van der Waals surface area contributed by atoms with Crippen molar-refractivity contribution in [1.29, 1.82) is 10.5 Å². The van der Waals surface area contributed by atoms with E-state index < -0.39 is 17.8 Å². The number of aromatic carboxylic acids is 1. The predicted molar refractivity (Wildman–Crippen MR) is 174 cm³/mol. The first kappa shape index (κ1) is 36.2. The van der Waals surface area contributed by atoms with Crippen molar-refractivity contribution in [2.45, 2.75) is 6.92 Å². The average Bonchev–Trinajstić information content (AvgIpc) is 3.68. The summed E-state index contributed by atoms with van der Waals surface area (Å²) >= 11 is 0. The summed E-state index contributed by atoms with van der Waals surface area (Å²) < 4.78 is 40.2. The van der Waals surface area contributed by atoms with E-state index in [2.05, 4.69) is 21.1 Å². The lowest BCUT2D eigenvalue weighted by Gasteiger charge is -2.12. The first-order chi connectivity index (χ1) is 24.2. The fourth-order valence-corrected chi connectivity index (χ4v) is 4.38. The second-order valence-electron chi connectivity index (χ2n) is 9.86. The van der Waals surface area contributed by atoms with Crippen LogP contribution in [0.15, 0.2) is 79.4 Å². The monoisotopic (exact) mass is 680 g/mol. The number of aromatic nitrogens is 4. The second kappa shape index (κ2) is 17.5. The van der Waals surface area contributed by atoms with Crippen molar-refractivity contribution in [3.8, 4) is 51.8 Å². The number of carboxylic acids is 1. The van der Waals surface area contributed by atoms with Gasteiger partial charge in [-0.05, 0) is 55.5 Å². The Labute approximate surface area is 285 Å². The van der Waals surface area contributed by atoms with Gasteiger partial charge in [0, 0.05) is 37.7 Å². The van der Waals surface area contributed by atoms with E-state index >= 15 is 0 Å². The normalized spacial score (nSPS) is 10.2. The van der Waals surface area contributed by atoms with Crippen LogP contribution < -0.4 is 9.47 Å². The molecule has 2 aromatic carbocycles. The SMILES string of the molecule is CCOC(=O)c1cc(-c2ccc(-n3cccn3)c(C#N)c2)ncc1OCOC.COCOc1cnc(-c2ccc(F)c(C#N)c2)cc1C(=O)O. The quantitative estimate of drug-likeness (QED) is 0.130. The molecule has 1 N–H and O–H groups in total. The number of esters is 1. The van der Waals surface area contributed by atoms with Crippen LogP contribution in [-0.2, 0) is 14.2 Å². The van der Waals surface area contributed by atoms with Gasteiger partial charge in [0.1, 0.15) is 29.1 Å². The van der Waals surface area contributed by atoms with Crippen LogP contribution in [0, 0.1) is 28.5 Å². The molecule has 0 saturated heterocycles. The van der Waals surface area contributed by atoms with Crippen LogP contribution in [0.5, 0.6) is 11.5 Å². The van der Waals surface area contributed by atoms with Crippen LogP contribution in [0.25, 0.3) is 28.2 Å². The molecule has 254 valence electrons. The molecule has 3 heterocycles. The van der Waals surface area contributed by atoms with Gasteiger partial charge in [-0.25, -0.2) is 18.7 Å². The van der Waals surface area contributed by atoms with Gasteiger partial charge in [-0.3, -0.25) is 9.97 Å². The van der Waals surface area contributed by atoms with Crippen LogP contribution in [0.4, 0.5) is 4.39 Å². The minimum atomic E-state index is -1.20. The number of nitrogens with zero attached hydrogens (tertiary/aromatic N) is 6. The van der Waals surface area contributed by atoms with Crippen molar-refractivity contribution in [2.24, 2.45) is 0 Å². The van der Waals surface area contributed by atoms with Crippen LogP contribution in [0.1, 0.15) is 38.8 Å². The summed E-state index contributed by atoms with van der Waals surface area (Å²) in [5, 5.41) is 31.7. The Kier molecular flexibility index (Phi) is 12.6. The lowest BCUT2D eigenvalue weighted by atomic mass is 10.0. The molecule has 0 unspecified atom stereocenters. The Hall–Kier alpha value is -6.68. The molecule has 0 amide bonds. The predicted octanol–water partition coefficient (Wildman–Crippen LogP) is 5.41. The standard InChI is InChI=1S/C20H18N4O4.C15H11FN2O4/c1-3-27-20(25)16-10-17(22-12-19(16)28-13-26-2)14-5-6-18(15(9-14)11-21)24-8-4-7-23-24;1-21-8-22-14-7-18-13(5-11(14)15(19)20)9-2-3-12(16)10(4-9)6-17/h4-10,12H,3,13H2,1-2H3;2-5,7H,8H2,1H3,(H,19,20). The zero-order valence-corrected chi connectivity index (χ0v) is 27.0. The van der Waals surface area contributed by atoms with Crippen molar-refractivity contribution in [1.82, 2.24) is 19.7 Å². The highest BCUT2D eigenvalue weighted by Gasteiger charge is 2.18. The summed E-state index contributed by atoms with van der Waals surface area (Å²) in [6.45, 7) is 1.82. The van der Waals surface area contributed by atoms with Crippen molar-refractivity contribution in [2.75, 3.05) is 34.4 Å². The molecule has 0 spiro atoms. The second-order valence-corrected chi connectivity index (χ2v) is 9.86. The Morgan fingerprint density at radius 2 is 1.44 bits per heavy atom. The summed E-state index contributed by atoms with van der Waals surface area (Å²) in [6, 6.07) is 17.7. The van der Waals surface area contributed by atoms with E-state index in [1.54, 1.807) is 54.3 Å².